The van der Waals surface area contributed by atoms with Gasteiger partial charge in [0.1, 0.15) is 6.10 Å². The molecule has 2 aliphatic rings. The molecule has 0 saturated heterocycles. The molecule has 2 fully saturated rings. The van der Waals surface area contributed by atoms with Crippen LogP contribution in [0.15, 0.2) is 4.52 Å². The highest BCUT2D eigenvalue weighted by molar-refractivity contribution is 5.85. The minimum atomic E-state index is -0.385. The van der Waals surface area contributed by atoms with Gasteiger partial charge in [0.05, 0.1) is 11.6 Å². The van der Waals surface area contributed by atoms with Gasteiger partial charge in [-0.25, -0.2) is 0 Å². The highest BCUT2D eigenvalue weighted by Gasteiger charge is 2.36. The molecule has 0 radical (unpaired) electrons. The zero-order chi connectivity index (χ0) is 14.7. The van der Waals surface area contributed by atoms with Crippen molar-refractivity contribution in [3.05, 3.63) is 11.7 Å². The summed E-state index contributed by atoms with van der Waals surface area (Å²) in [5.74, 6) is 1.23. The van der Waals surface area contributed by atoms with E-state index in [1.807, 2.05) is 6.92 Å². The highest BCUT2D eigenvalue weighted by Crippen LogP contribution is 2.35. The zero-order valence-corrected chi connectivity index (χ0v) is 14.2. The summed E-state index contributed by atoms with van der Waals surface area (Å²) in [6.45, 7) is 2.00. The Labute approximate surface area is 138 Å². The molecule has 1 unspecified atom stereocenters. The molecule has 0 aliphatic heterocycles. The normalized spacial score (nSPS) is 23.7. The fourth-order valence-corrected chi connectivity index (χ4v) is 3.56. The first-order chi connectivity index (χ1) is 10.2. The second-order valence-corrected chi connectivity index (χ2v) is 6.71. The summed E-state index contributed by atoms with van der Waals surface area (Å²) in [5.41, 5.74) is 5.99. The van der Waals surface area contributed by atoms with E-state index >= 15 is 0 Å². The number of halogens is 1. The summed E-state index contributed by atoms with van der Waals surface area (Å²) < 4.78 is 11.5. The van der Waals surface area contributed by atoms with Crippen LogP contribution >= 0.6 is 12.4 Å². The predicted octanol–water partition coefficient (Wildman–Crippen LogP) is 4.02. The lowest BCUT2D eigenvalue weighted by Gasteiger charge is -2.19. The molecule has 0 amide bonds. The van der Waals surface area contributed by atoms with Crippen molar-refractivity contribution >= 4 is 12.4 Å². The molecule has 1 aromatic rings. The lowest BCUT2D eigenvalue weighted by molar-refractivity contribution is -0.0259. The van der Waals surface area contributed by atoms with Crippen LogP contribution in [0.25, 0.3) is 0 Å². The van der Waals surface area contributed by atoms with Crippen LogP contribution in [0.1, 0.15) is 89.0 Å². The van der Waals surface area contributed by atoms with Crippen molar-refractivity contribution in [1.82, 2.24) is 10.1 Å². The van der Waals surface area contributed by atoms with Gasteiger partial charge < -0.3 is 15.0 Å². The number of hydrogen-bond donors (Lipinski definition) is 1. The van der Waals surface area contributed by atoms with Crippen LogP contribution in [0.3, 0.4) is 0 Å². The average Bonchev–Trinajstić information content (AvgIpc) is 3.06. The molecule has 126 valence electrons. The van der Waals surface area contributed by atoms with Crippen LogP contribution in [-0.4, -0.2) is 16.2 Å². The van der Waals surface area contributed by atoms with Gasteiger partial charge in [-0.05, 0) is 32.6 Å². The van der Waals surface area contributed by atoms with Gasteiger partial charge in [-0.2, -0.15) is 4.98 Å². The molecule has 6 heteroatoms. The molecule has 1 atom stereocenters. The first-order valence-corrected chi connectivity index (χ1v) is 8.46. The Morgan fingerprint density at radius 2 is 1.77 bits per heavy atom. The van der Waals surface area contributed by atoms with Crippen LogP contribution in [0.5, 0.6) is 0 Å². The topological polar surface area (TPSA) is 74.2 Å². The summed E-state index contributed by atoms with van der Waals surface area (Å²) in [5, 5.41) is 4.11. The van der Waals surface area contributed by atoms with E-state index < -0.39 is 0 Å². The van der Waals surface area contributed by atoms with Gasteiger partial charge in [0.15, 0.2) is 5.82 Å². The van der Waals surface area contributed by atoms with Gasteiger partial charge in [-0.15, -0.1) is 12.4 Å². The van der Waals surface area contributed by atoms with Gasteiger partial charge in [-0.3, -0.25) is 0 Å². The Morgan fingerprint density at radius 3 is 2.41 bits per heavy atom. The van der Waals surface area contributed by atoms with E-state index in [1.54, 1.807) is 0 Å². The first-order valence-electron chi connectivity index (χ1n) is 8.46. The van der Waals surface area contributed by atoms with Gasteiger partial charge in [0.25, 0.3) is 5.89 Å². The molecule has 2 N–H and O–H groups in total. The second-order valence-electron chi connectivity index (χ2n) is 6.71. The minimum Gasteiger partial charge on any atom is -0.365 e. The van der Waals surface area contributed by atoms with Crippen molar-refractivity contribution in [2.24, 2.45) is 5.73 Å². The van der Waals surface area contributed by atoms with E-state index in [-0.39, 0.29) is 24.0 Å². The first kappa shape index (κ1) is 17.7. The molecule has 5 nitrogen and oxygen atoms in total. The number of rotatable bonds is 4. The van der Waals surface area contributed by atoms with Gasteiger partial charge in [-0.1, -0.05) is 43.7 Å². The summed E-state index contributed by atoms with van der Waals surface area (Å²) in [6.07, 6.45) is 11.9. The summed E-state index contributed by atoms with van der Waals surface area (Å²) in [6, 6.07) is 0. The maximum absolute atomic E-state index is 6.37. The van der Waals surface area contributed by atoms with E-state index in [0.29, 0.717) is 17.8 Å². The summed E-state index contributed by atoms with van der Waals surface area (Å²) >= 11 is 0. The summed E-state index contributed by atoms with van der Waals surface area (Å²) in [4.78, 5) is 4.53. The van der Waals surface area contributed by atoms with E-state index in [9.17, 15) is 0 Å². The minimum absolute atomic E-state index is 0. The Kier molecular flexibility index (Phi) is 6.24. The van der Waals surface area contributed by atoms with Crippen molar-refractivity contribution < 1.29 is 9.26 Å². The Morgan fingerprint density at radius 1 is 1.14 bits per heavy atom. The molecule has 1 heterocycles. The third-order valence-electron chi connectivity index (χ3n) is 4.93. The largest absolute Gasteiger partial charge is 0.365 e. The number of aromatic nitrogens is 2. The van der Waals surface area contributed by atoms with Crippen molar-refractivity contribution in [3.8, 4) is 0 Å². The van der Waals surface area contributed by atoms with Crippen molar-refractivity contribution in [1.29, 1.82) is 0 Å². The number of hydrogen-bond acceptors (Lipinski definition) is 5. The van der Waals surface area contributed by atoms with Crippen LogP contribution in [-0.2, 0) is 10.3 Å². The fourth-order valence-electron chi connectivity index (χ4n) is 3.56. The second kappa shape index (κ2) is 7.75. The quantitative estimate of drug-likeness (QED) is 0.844. The molecule has 0 spiro atoms. The van der Waals surface area contributed by atoms with E-state index in [2.05, 4.69) is 10.1 Å². The van der Waals surface area contributed by atoms with E-state index in [0.717, 1.165) is 38.5 Å². The maximum Gasteiger partial charge on any atom is 0.255 e. The molecule has 0 bridgehead atoms. The van der Waals surface area contributed by atoms with Crippen LogP contribution in [0, 0.1) is 0 Å². The predicted molar refractivity (Wildman–Crippen MR) is 86.9 cm³/mol. The van der Waals surface area contributed by atoms with Crippen molar-refractivity contribution in [2.45, 2.75) is 88.9 Å². The van der Waals surface area contributed by atoms with Crippen molar-refractivity contribution in [3.63, 3.8) is 0 Å². The standard InChI is InChI=1S/C16H27N3O2.ClH/c1-12(20-13-8-4-2-3-5-9-13)14-18-15(19-21-14)16(17)10-6-7-11-16;/h12-13H,2-11,17H2,1H3;1H. The molecule has 0 aromatic carbocycles. The molecule has 3 rings (SSSR count). The van der Waals surface area contributed by atoms with Crippen LogP contribution in [0.2, 0.25) is 0 Å². The third kappa shape index (κ3) is 4.00. The SMILES string of the molecule is CC(OC1CCCCCC1)c1nc(C2(N)CCCC2)no1.Cl. The molecule has 1 aromatic heterocycles. The molecule has 22 heavy (non-hydrogen) atoms. The van der Waals surface area contributed by atoms with Gasteiger partial charge in [0.2, 0.25) is 0 Å². The molecule has 2 aliphatic carbocycles. The van der Waals surface area contributed by atoms with Crippen molar-refractivity contribution in [2.75, 3.05) is 0 Å². The Hall–Kier alpha value is -0.650. The summed E-state index contributed by atoms with van der Waals surface area (Å²) in [7, 11) is 0. The zero-order valence-electron chi connectivity index (χ0n) is 13.4. The van der Waals surface area contributed by atoms with Gasteiger partial charge >= 0.3 is 0 Å². The fraction of sp³-hybridized carbons (Fsp3) is 0.875. The lowest BCUT2D eigenvalue weighted by Crippen LogP contribution is -2.34. The Bertz CT molecular complexity index is 452. The lowest BCUT2D eigenvalue weighted by atomic mass is 9.99. The highest BCUT2D eigenvalue weighted by atomic mass is 35.5. The number of nitrogens with two attached hydrogens (primary N) is 1. The van der Waals surface area contributed by atoms with E-state index in [1.165, 1.54) is 25.7 Å². The number of ether oxygens (including phenoxy) is 1. The van der Waals surface area contributed by atoms with E-state index in [4.69, 9.17) is 15.0 Å². The molecular weight excluding hydrogens is 302 g/mol. The maximum atomic E-state index is 6.37. The third-order valence-corrected chi connectivity index (χ3v) is 4.93. The van der Waals surface area contributed by atoms with Crippen LogP contribution in [0.4, 0.5) is 0 Å². The molecule has 2 saturated carbocycles. The van der Waals surface area contributed by atoms with Gasteiger partial charge in [0, 0.05) is 0 Å². The Balaban J connectivity index is 0.00000176. The monoisotopic (exact) mass is 329 g/mol. The number of nitrogens with zero attached hydrogens (tertiary/aromatic N) is 2. The van der Waals surface area contributed by atoms with Crippen LogP contribution < -0.4 is 5.73 Å². The smallest absolute Gasteiger partial charge is 0.255 e. The molecular formula is C16H28ClN3O2. The average molecular weight is 330 g/mol.